The molecule has 7 rings (SSSR count). The Morgan fingerprint density at radius 1 is 0.976 bits per heavy atom. The van der Waals surface area contributed by atoms with Crippen LogP contribution in [0, 0.1) is 0 Å². The number of piperidine rings is 1. The zero-order valence-corrected chi connectivity index (χ0v) is 22.9. The summed E-state index contributed by atoms with van der Waals surface area (Å²) in [6, 6.07) is 15.7. The number of carbonyl (C=O) groups excluding carboxylic acids is 3. The third-order valence-electron chi connectivity index (χ3n) is 8.51. The first-order valence-corrected chi connectivity index (χ1v) is 14.4. The third-order valence-corrected chi connectivity index (χ3v) is 8.51. The Hall–Kier alpha value is -4.02. The van der Waals surface area contributed by atoms with Crippen LogP contribution in [-0.2, 0) is 27.4 Å². The van der Waals surface area contributed by atoms with Crippen molar-refractivity contribution < 1.29 is 23.9 Å². The van der Waals surface area contributed by atoms with Crippen LogP contribution < -0.4 is 15.0 Å². The molecule has 4 aliphatic rings. The summed E-state index contributed by atoms with van der Waals surface area (Å²) in [7, 11) is 0. The minimum Gasteiger partial charge on any atom is -0.489 e. The quantitative estimate of drug-likeness (QED) is 0.463. The van der Waals surface area contributed by atoms with Crippen LogP contribution in [0.5, 0.6) is 5.75 Å². The van der Waals surface area contributed by atoms with E-state index in [2.05, 4.69) is 45.4 Å². The highest BCUT2D eigenvalue weighted by Gasteiger charge is 2.39. The number of pyridine rings is 1. The summed E-state index contributed by atoms with van der Waals surface area (Å²) >= 11 is 0. The fraction of sp³-hybridized carbons (Fsp3) is 0.419. The monoisotopic (exact) mass is 555 g/mol. The molecule has 10 heteroatoms. The number of likely N-dealkylation sites (tertiary alicyclic amines) is 1. The number of rotatable bonds is 6. The first-order valence-electron chi connectivity index (χ1n) is 14.4. The van der Waals surface area contributed by atoms with E-state index < -0.39 is 11.9 Å². The maximum absolute atomic E-state index is 13.0. The maximum Gasteiger partial charge on any atom is 0.255 e. The Bertz CT molecular complexity index is 1520. The molecule has 0 saturated carbocycles. The Morgan fingerprint density at radius 3 is 2.71 bits per heavy atom. The summed E-state index contributed by atoms with van der Waals surface area (Å²) in [6.45, 7) is 6.20. The van der Waals surface area contributed by atoms with Crippen LogP contribution in [0.15, 0.2) is 48.5 Å². The molecule has 10 nitrogen and oxygen atoms in total. The second-order valence-electron chi connectivity index (χ2n) is 11.3. The Morgan fingerprint density at radius 2 is 1.85 bits per heavy atom. The van der Waals surface area contributed by atoms with Crippen molar-refractivity contribution in [1.29, 1.82) is 0 Å². The highest BCUT2D eigenvalue weighted by molar-refractivity contribution is 6.05. The number of hydrogen-bond donors (Lipinski definition) is 1. The van der Waals surface area contributed by atoms with E-state index in [0.717, 1.165) is 80.4 Å². The van der Waals surface area contributed by atoms with Gasteiger partial charge >= 0.3 is 0 Å². The Balaban J connectivity index is 0.960. The van der Waals surface area contributed by atoms with Crippen molar-refractivity contribution in [1.82, 2.24) is 20.1 Å². The van der Waals surface area contributed by atoms with Crippen LogP contribution in [-0.4, -0.2) is 84.0 Å². The van der Waals surface area contributed by atoms with E-state index in [-0.39, 0.29) is 24.3 Å². The number of imide groups is 1. The summed E-state index contributed by atoms with van der Waals surface area (Å²) in [5.74, 6) is 0.891. The average Bonchev–Trinajstić information content (AvgIpc) is 3.56. The van der Waals surface area contributed by atoms with Crippen molar-refractivity contribution in [2.45, 2.75) is 44.5 Å². The molecule has 2 atom stereocenters. The number of aromatic nitrogens is 1. The molecule has 3 fully saturated rings. The van der Waals surface area contributed by atoms with Crippen LogP contribution in [0.2, 0.25) is 0 Å². The number of benzene rings is 2. The maximum atomic E-state index is 13.0. The van der Waals surface area contributed by atoms with Gasteiger partial charge in [0, 0.05) is 56.6 Å². The molecule has 1 N–H and O–H groups in total. The second-order valence-corrected chi connectivity index (χ2v) is 11.3. The molecule has 0 spiro atoms. The second kappa shape index (κ2) is 10.8. The lowest BCUT2D eigenvalue weighted by atomic mass is 10.0. The van der Waals surface area contributed by atoms with Gasteiger partial charge in [-0.2, -0.15) is 0 Å². The van der Waals surface area contributed by atoms with Crippen molar-refractivity contribution in [2.75, 3.05) is 44.3 Å². The largest absolute Gasteiger partial charge is 0.489 e. The molecule has 0 radical (unpaired) electrons. The first kappa shape index (κ1) is 25.9. The minimum atomic E-state index is -0.613. The first-order chi connectivity index (χ1) is 20.0. The summed E-state index contributed by atoms with van der Waals surface area (Å²) in [6.07, 6.45) is 1.59. The minimum absolute atomic E-state index is 0.0644. The number of carbonyl (C=O) groups is 3. The fourth-order valence-corrected chi connectivity index (χ4v) is 6.34. The van der Waals surface area contributed by atoms with Crippen molar-refractivity contribution in [3.8, 4) is 5.75 Å². The number of fused-ring (bicyclic) bond motifs is 2. The summed E-state index contributed by atoms with van der Waals surface area (Å²) in [5, 5.41) is 3.49. The van der Waals surface area contributed by atoms with Gasteiger partial charge in [0.05, 0.1) is 18.7 Å². The highest BCUT2D eigenvalue weighted by atomic mass is 16.5. The van der Waals surface area contributed by atoms with E-state index in [1.807, 2.05) is 12.1 Å². The van der Waals surface area contributed by atoms with Crippen LogP contribution in [0.25, 0.3) is 10.9 Å². The number of amides is 3. The van der Waals surface area contributed by atoms with Gasteiger partial charge in [0.2, 0.25) is 11.8 Å². The van der Waals surface area contributed by atoms with Gasteiger partial charge in [-0.1, -0.05) is 6.07 Å². The zero-order chi connectivity index (χ0) is 27.9. The lowest BCUT2D eigenvalue weighted by molar-refractivity contribution is -0.136. The van der Waals surface area contributed by atoms with E-state index in [1.165, 1.54) is 5.56 Å². The molecule has 41 heavy (non-hydrogen) atoms. The van der Waals surface area contributed by atoms with Gasteiger partial charge in [0.25, 0.3) is 5.91 Å². The number of anilines is 1. The van der Waals surface area contributed by atoms with Gasteiger partial charge in [-0.25, -0.2) is 4.98 Å². The van der Waals surface area contributed by atoms with Gasteiger partial charge in [0.15, 0.2) is 0 Å². The topological polar surface area (TPSA) is 104 Å². The Labute approximate surface area is 238 Å². The SMILES string of the molecule is O=C1CCC(N2Cc3cc(O[C@H]4CCN(Cc5ccc6nc(N7CCOCC7)ccc6c5)C4)ccc3C2=O)C(=O)N1. The number of morpholine rings is 1. The number of nitrogens with one attached hydrogen (secondary N) is 1. The summed E-state index contributed by atoms with van der Waals surface area (Å²) < 4.78 is 11.8. The molecule has 3 saturated heterocycles. The lowest BCUT2D eigenvalue weighted by Gasteiger charge is -2.29. The lowest BCUT2D eigenvalue weighted by Crippen LogP contribution is -2.52. The van der Waals surface area contributed by atoms with Crippen LogP contribution in [0.1, 0.15) is 40.7 Å². The van der Waals surface area contributed by atoms with Crippen molar-refractivity contribution in [3.63, 3.8) is 0 Å². The van der Waals surface area contributed by atoms with Gasteiger partial charge in [-0.05, 0) is 66.4 Å². The zero-order valence-electron chi connectivity index (χ0n) is 22.9. The van der Waals surface area contributed by atoms with E-state index >= 15 is 0 Å². The van der Waals surface area contributed by atoms with Crippen LogP contribution >= 0.6 is 0 Å². The van der Waals surface area contributed by atoms with E-state index in [4.69, 9.17) is 14.5 Å². The molecular formula is C31H33N5O5. The predicted octanol–water partition coefficient (Wildman–Crippen LogP) is 2.49. The molecular weight excluding hydrogens is 522 g/mol. The number of nitrogens with zero attached hydrogens (tertiary/aromatic N) is 4. The smallest absolute Gasteiger partial charge is 0.255 e. The molecule has 4 aliphatic heterocycles. The van der Waals surface area contributed by atoms with Gasteiger partial charge < -0.3 is 19.3 Å². The molecule has 1 aromatic heterocycles. The normalized spacial score (nSPS) is 23.3. The summed E-state index contributed by atoms with van der Waals surface area (Å²) in [5.41, 5.74) is 3.71. The number of ether oxygens (including phenoxy) is 2. The van der Waals surface area contributed by atoms with Gasteiger partial charge in [0.1, 0.15) is 23.7 Å². The number of hydrogen-bond acceptors (Lipinski definition) is 8. The fourth-order valence-electron chi connectivity index (χ4n) is 6.34. The molecule has 2 aromatic carbocycles. The van der Waals surface area contributed by atoms with Crippen LogP contribution in [0.4, 0.5) is 5.82 Å². The van der Waals surface area contributed by atoms with Crippen molar-refractivity contribution in [2.24, 2.45) is 0 Å². The molecule has 0 aliphatic carbocycles. The highest BCUT2D eigenvalue weighted by Crippen LogP contribution is 2.31. The average molecular weight is 556 g/mol. The molecule has 212 valence electrons. The molecule has 0 bridgehead atoms. The molecule has 3 amide bonds. The van der Waals surface area contributed by atoms with E-state index in [0.29, 0.717) is 18.5 Å². The third kappa shape index (κ3) is 5.25. The van der Waals surface area contributed by atoms with E-state index in [1.54, 1.807) is 11.0 Å². The van der Waals surface area contributed by atoms with Gasteiger partial charge in [-0.15, -0.1) is 0 Å². The van der Waals surface area contributed by atoms with Crippen molar-refractivity contribution in [3.05, 3.63) is 65.2 Å². The summed E-state index contributed by atoms with van der Waals surface area (Å²) in [4.78, 5) is 47.9. The standard InChI is InChI=1S/C31H33N5O5/c37-29-8-6-27(30(38)33-29)36-18-22-16-23(3-4-25(22)31(36)39)41-24-9-10-34(19-24)17-20-1-5-26-21(15-20)2-7-28(32-26)35-11-13-40-14-12-35/h1-5,7,15-16,24,27H,6,8-14,17-19H2,(H,33,37,38)/t24-,27?/m0/s1. The van der Waals surface area contributed by atoms with Crippen LogP contribution in [0.3, 0.4) is 0 Å². The molecule has 1 unspecified atom stereocenters. The van der Waals surface area contributed by atoms with E-state index in [9.17, 15) is 14.4 Å². The molecule has 3 aromatic rings. The molecule has 5 heterocycles. The van der Waals surface area contributed by atoms with Gasteiger partial charge in [-0.3, -0.25) is 24.6 Å². The Kier molecular flexibility index (Phi) is 6.80. The predicted molar refractivity (Wildman–Crippen MR) is 152 cm³/mol. The van der Waals surface area contributed by atoms with Crippen molar-refractivity contribution >= 4 is 34.4 Å².